The number of methoxy groups -OCH3 is 1. The number of phenols is 1. The van der Waals surface area contributed by atoms with Gasteiger partial charge in [0.1, 0.15) is 5.75 Å². The molecule has 42 heavy (non-hydrogen) atoms. The fourth-order valence-electron chi connectivity index (χ4n) is 7.22. The Morgan fingerprint density at radius 2 is 1.83 bits per heavy atom. The zero-order chi connectivity index (χ0) is 29.8. The molecule has 2 aromatic carbocycles. The number of amides is 2. The number of benzene rings is 2. The summed E-state index contributed by atoms with van der Waals surface area (Å²) in [6.07, 6.45) is 6.94. The first-order valence-electron chi connectivity index (χ1n) is 14.9. The molecular weight excluding hydrogens is 598 g/mol. The molecule has 2 amide bonds. The van der Waals surface area contributed by atoms with Crippen molar-refractivity contribution in [3.05, 3.63) is 75.3 Å². The predicted molar refractivity (Wildman–Crippen MR) is 165 cm³/mol. The van der Waals surface area contributed by atoms with Crippen LogP contribution in [0.15, 0.2) is 64.1 Å². The zero-order valence-corrected chi connectivity index (χ0v) is 25.6. The van der Waals surface area contributed by atoms with Crippen molar-refractivity contribution in [2.24, 2.45) is 17.8 Å². The molecule has 0 unspecified atom stereocenters. The van der Waals surface area contributed by atoms with Gasteiger partial charge in [-0.3, -0.25) is 14.5 Å². The van der Waals surface area contributed by atoms with Gasteiger partial charge in [0.25, 0.3) is 0 Å². The van der Waals surface area contributed by atoms with E-state index >= 15 is 0 Å². The number of halogens is 1. The Morgan fingerprint density at radius 3 is 2.52 bits per heavy atom. The van der Waals surface area contributed by atoms with E-state index < -0.39 is 23.9 Å². The van der Waals surface area contributed by atoms with Gasteiger partial charge in [0.05, 0.1) is 31.2 Å². The van der Waals surface area contributed by atoms with Crippen LogP contribution in [0.25, 0.3) is 11.6 Å². The minimum Gasteiger partial charge on any atom is -0.507 e. The summed E-state index contributed by atoms with van der Waals surface area (Å²) in [7, 11) is 1.58. The first-order chi connectivity index (χ1) is 20.3. The molecule has 2 aromatic rings. The summed E-state index contributed by atoms with van der Waals surface area (Å²) in [4.78, 5) is 28.9. The first-order valence-corrected chi connectivity index (χ1v) is 15.7. The van der Waals surface area contributed by atoms with Gasteiger partial charge >= 0.3 is 0 Å². The van der Waals surface area contributed by atoms with E-state index in [1.54, 1.807) is 19.2 Å². The largest absolute Gasteiger partial charge is 0.507 e. The summed E-state index contributed by atoms with van der Waals surface area (Å²) < 4.78 is 6.34. The van der Waals surface area contributed by atoms with E-state index in [1.165, 1.54) is 4.90 Å². The van der Waals surface area contributed by atoms with Crippen LogP contribution in [0.2, 0.25) is 0 Å². The number of phenolic OH excluding ortho intramolecular Hbond substituents is 1. The maximum Gasteiger partial charge on any atom is 0.234 e. The number of aliphatic hydroxyl groups is 2. The molecule has 4 atom stereocenters. The standard InChI is InChI=1S/C34H40BrNO6/c1-42-20-24-18-27-32(34(41)36(33(27)40)26-10-6-3-7-11-26)28(19-37)31(24)30(39)14-12-22(21-8-4-2-5-9-21)16-23-17-25(35)13-15-29(23)38/h2,4-5,8-9,13,15-17,26-28,30,32,37-39H,3,6-7,10-12,14,18-20H2,1H3/b22-16-/t27-,28+,30-,32-/m1/s1. The van der Waals surface area contributed by atoms with Crippen LogP contribution in [-0.2, 0) is 14.3 Å². The van der Waals surface area contributed by atoms with Crippen LogP contribution < -0.4 is 0 Å². The highest BCUT2D eigenvalue weighted by Gasteiger charge is 2.56. The average molecular weight is 639 g/mol. The highest BCUT2D eigenvalue weighted by Crippen LogP contribution is 2.48. The van der Waals surface area contributed by atoms with Gasteiger partial charge < -0.3 is 20.1 Å². The van der Waals surface area contributed by atoms with Crippen LogP contribution in [0.5, 0.6) is 5.75 Å². The second-order valence-corrected chi connectivity index (χ2v) is 12.7. The number of allylic oxidation sites excluding steroid dienone is 1. The minimum absolute atomic E-state index is 0.0732. The van der Waals surface area contributed by atoms with Crippen molar-refractivity contribution in [3.8, 4) is 5.75 Å². The van der Waals surface area contributed by atoms with E-state index in [4.69, 9.17) is 4.74 Å². The quantitative estimate of drug-likeness (QED) is 0.175. The van der Waals surface area contributed by atoms with Crippen molar-refractivity contribution in [3.63, 3.8) is 0 Å². The fraction of sp³-hybridized carbons (Fsp3) is 0.471. The molecule has 1 heterocycles. The number of imide groups is 1. The molecule has 3 aliphatic rings. The molecule has 0 bridgehead atoms. The molecule has 7 nitrogen and oxygen atoms in total. The molecular formula is C34H40BrNO6. The topological polar surface area (TPSA) is 107 Å². The number of aromatic hydroxyl groups is 1. The van der Waals surface area contributed by atoms with E-state index in [1.807, 2.05) is 42.5 Å². The second-order valence-electron chi connectivity index (χ2n) is 11.7. The number of carbonyl (C=O) groups is 2. The second kappa shape index (κ2) is 13.7. The Bertz CT molecular complexity index is 1350. The van der Waals surface area contributed by atoms with E-state index in [-0.39, 0.29) is 36.8 Å². The zero-order valence-electron chi connectivity index (χ0n) is 24.0. The molecule has 5 rings (SSSR count). The van der Waals surface area contributed by atoms with Gasteiger partial charge in [-0.2, -0.15) is 0 Å². The van der Waals surface area contributed by atoms with Crippen LogP contribution in [0.4, 0.5) is 0 Å². The number of nitrogens with zero attached hydrogens (tertiary/aromatic N) is 1. The van der Waals surface area contributed by atoms with Crippen molar-refractivity contribution < 1.29 is 29.6 Å². The number of hydrogen-bond donors (Lipinski definition) is 3. The first kappa shape index (κ1) is 30.7. The van der Waals surface area contributed by atoms with Gasteiger partial charge in [-0.25, -0.2) is 0 Å². The lowest BCUT2D eigenvalue weighted by Gasteiger charge is -2.36. The summed E-state index contributed by atoms with van der Waals surface area (Å²) in [5, 5.41) is 32.8. The number of fused-ring (bicyclic) bond motifs is 1. The normalized spacial score (nSPS) is 24.3. The van der Waals surface area contributed by atoms with E-state index in [2.05, 4.69) is 15.9 Å². The molecule has 8 heteroatoms. The average Bonchev–Trinajstić information content (AvgIpc) is 3.25. The summed E-state index contributed by atoms with van der Waals surface area (Å²) in [6.45, 7) is -0.101. The van der Waals surface area contributed by atoms with Gasteiger partial charge in [0, 0.05) is 29.1 Å². The lowest BCUT2D eigenvalue weighted by atomic mass is 9.68. The molecule has 0 aromatic heterocycles. The smallest absolute Gasteiger partial charge is 0.234 e. The number of carbonyl (C=O) groups excluding carboxylic acids is 2. The van der Waals surface area contributed by atoms with Gasteiger partial charge in [0.2, 0.25) is 11.8 Å². The molecule has 1 aliphatic heterocycles. The van der Waals surface area contributed by atoms with E-state index in [0.29, 0.717) is 30.4 Å². The van der Waals surface area contributed by atoms with Crippen LogP contribution in [0, 0.1) is 17.8 Å². The predicted octanol–water partition coefficient (Wildman–Crippen LogP) is 5.73. The third-order valence-electron chi connectivity index (χ3n) is 9.18. The molecule has 2 aliphatic carbocycles. The van der Waals surface area contributed by atoms with Crippen molar-refractivity contribution >= 4 is 39.4 Å². The molecule has 3 N–H and O–H groups in total. The molecule has 2 fully saturated rings. The van der Waals surface area contributed by atoms with Crippen molar-refractivity contribution in [1.29, 1.82) is 0 Å². The number of aliphatic hydroxyl groups excluding tert-OH is 2. The highest BCUT2D eigenvalue weighted by atomic mass is 79.9. The molecule has 224 valence electrons. The minimum atomic E-state index is -0.942. The highest BCUT2D eigenvalue weighted by molar-refractivity contribution is 9.10. The Labute approximate surface area is 256 Å². The van der Waals surface area contributed by atoms with Crippen LogP contribution in [-0.4, -0.2) is 64.5 Å². The van der Waals surface area contributed by atoms with Gasteiger partial charge in [-0.1, -0.05) is 65.5 Å². The lowest BCUT2D eigenvalue weighted by Crippen LogP contribution is -2.42. The third-order valence-corrected chi connectivity index (χ3v) is 9.68. The van der Waals surface area contributed by atoms with Crippen LogP contribution >= 0.6 is 15.9 Å². The number of rotatable bonds is 10. The third kappa shape index (κ3) is 6.27. The van der Waals surface area contributed by atoms with Gasteiger partial charge in [0.15, 0.2) is 0 Å². The summed E-state index contributed by atoms with van der Waals surface area (Å²) >= 11 is 3.48. The lowest BCUT2D eigenvalue weighted by molar-refractivity contribution is -0.143. The SMILES string of the molecule is COCC1=C([C@H](O)CC/C(=C/c2cc(Br)ccc2O)c2ccccc2)[C@H](CO)[C@@H]2C(=O)N(C3CCCCC3)C(=O)[C@@H]2C1. The fourth-order valence-corrected chi connectivity index (χ4v) is 7.60. The van der Waals surface area contributed by atoms with Gasteiger partial charge in [-0.05, 0) is 78.7 Å². The van der Waals surface area contributed by atoms with E-state index in [9.17, 15) is 24.9 Å². The monoisotopic (exact) mass is 637 g/mol. The molecule has 0 radical (unpaired) electrons. The van der Waals surface area contributed by atoms with Crippen molar-refractivity contribution in [2.45, 2.75) is 63.5 Å². The number of likely N-dealkylation sites (tertiary alicyclic amines) is 1. The Hall–Kier alpha value is -2.78. The van der Waals surface area contributed by atoms with E-state index in [0.717, 1.165) is 53.3 Å². The summed E-state index contributed by atoms with van der Waals surface area (Å²) in [5.74, 6) is -2.03. The van der Waals surface area contributed by atoms with Gasteiger partial charge in [-0.15, -0.1) is 0 Å². The maximum absolute atomic E-state index is 13.8. The number of hydrogen-bond acceptors (Lipinski definition) is 6. The Morgan fingerprint density at radius 1 is 1.10 bits per heavy atom. The Balaban J connectivity index is 1.43. The number of ether oxygens (including phenoxy) is 1. The van der Waals surface area contributed by atoms with Crippen LogP contribution in [0.1, 0.15) is 62.5 Å². The molecule has 1 saturated heterocycles. The van der Waals surface area contributed by atoms with Crippen LogP contribution in [0.3, 0.4) is 0 Å². The van der Waals surface area contributed by atoms with Crippen molar-refractivity contribution in [2.75, 3.05) is 20.3 Å². The molecule has 0 spiro atoms. The maximum atomic E-state index is 13.8. The molecule has 1 saturated carbocycles. The summed E-state index contributed by atoms with van der Waals surface area (Å²) in [6, 6.07) is 15.0. The van der Waals surface area contributed by atoms with Crippen molar-refractivity contribution in [1.82, 2.24) is 4.90 Å². The summed E-state index contributed by atoms with van der Waals surface area (Å²) in [5.41, 5.74) is 3.99. The Kier molecular flexibility index (Phi) is 9.99.